The SMILES string of the molecule is CCCCN1C(=O)[C@@H]([C@H](O)C2CCCCC2)NC(=O)C12CCN(Cc1ccc(Oc3ccc(C(=O)O)cc3)cc1)CC2.CCO/N=C(\c1ccc(Br)cc1)C1CCN(C2(C)CCN(C(=O)c3c(C)cc[n+]([O-])c3C)CC2)CC1. The molecule has 5 heterocycles. The number of nitrogens with zero attached hydrogens (tertiary/aromatic N) is 6. The summed E-state index contributed by atoms with van der Waals surface area (Å²) in [6, 6.07) is 23.3. The monoisotopic (exact) mass is 1130 g/mol. The van der Waals surface area contributed by atoms with Crippen LogP contribution in [-0.4, -0.2) is 135 Å². The van der Waals surface area contributed by atoms with Crippen molar-refractivity contribution in [2.45, 2.75) is 148 Å². The molecule has 4 saturated heterocycles. The summed E-state index contributed by atoms with van der Waals surface area (Å²) in [5, 5.41) is 39.8. The maximum Gasteiger partial charge on any atom is 0.335 e. The number of likely N-dealkylation sites (tertiary alicyclic amines) is 3. The molecule has 3 amide bonds. The standard InChI is InChI=1S/C33H43N3O6.C28H37BrN4O3/c1-2-3-19-36-30(38)28(29(37)24-7-5-4-6-8-24)34-32(41)33(36)17-20-35(21-18-33)22-23-9-13-26(14-10-23)42-27-15-11-25(12-16-27)31(39)40;1-5-36-30-26(22-6-8-24(29)9-7-22)23-11-15-32(16-12-23)28(4)13-18-31(19-14-28)27(34)25-20(2)10-17-33(35)21(25)3/h9-16,24,28-29,37H,2-8,17-22H2,1H3,(H,34,41)(H,39,40);6-10,17,23H,5,11-16,18-19H2,1-4H3/b;30-26+/t28-,29-;/m1./s1. The second-order valence-electron chi connectivity index (χ2n) is 22.3. The van der Waals surface area contributed by atoms with Crippen LogP contribution in [0.2, 0.25) is 0 Å². The Morgan fingerprint density at radius 1 is 0.833 bits per heavy atom. The van der Waals surface area contributed by atoms with Crippen LogP contribution in [0.1, 0.15) is 147 Å². The van der Waals surface area contributed by atoms with Crippen molar-refractivity contribution >= 4 is 45.3 Å². The van der Waals surface area contributed by atoms with E-state index < -0.39 is 23.7 Å². The number of carboxylic acid groups (broad SMARTS) is 1. The van der Waals surface area contributed by atoms with Crippen molar-refractivity contribution in [3.63, 3.8) is 0 Å². The van der Waals surface area contributed by atoms with Crippen LogP contribution in [0.3, 0.4) is 0 Å². The summed E-state index contributed by atoms with van der Waals surface area (Å²) in [5.41, 5.74) is 4.57. The number of pyridine rings is 1. The van der Waals surface area contributed by atoms with Crippen LogP contribution in [0.4, 0.5) is 0 Å². The first kappa shape index (κ1) is 58.3. The van der Waals surface area contributed by atoms with Crippen molar-refractivity contribution in [3.8, 4) is 11.5 Å². The number of aryl methyl sites for hydroxylation is 1. The Morgan fingerprint density at radius 2 is 1.45 bits per heavy atom. The van der Waals surface area contributed by atoms with E-state index in [9.17, 15) is 29.5 Å². The zero-order chi connectivity index (χ0) is 55.6. The molecule has 1 spiro atoms. The van der Waals surface area contributed by atoms with Gasteiger partial charge in [-0.1, -0.05) is 78.0 Å². The van der Waals surface area contributed by atoms with Gasteiger partial charge in [0.05, 0.1) is 17.4 Å². The Kier molecular flexibility index (Phi) is 19.7. The molecule has 0 bridgehead atoms. The first-order chi connectivity index (χ1) is 37.5. The molecular formula is C61H80BrN7O9. The lowest BCUT2D eigenvalue weighted by molar-refractivity contribution is -0.612. The molecule has 1 aliphatic carbocycles. The van der Waals surface area contributed by atoms with Crippen LogP contribution in [-0.2, 0) is 21.0 Å². The number of hydrogen-bond acceptors (Lipinski definition) is 11. The van der Waals surface area contributed by atoms with E-state index in [2.05, 4.69) is 74.3 Å². The lowest BCUT2D eigenvalue weighted by Gasteiger charge is -2.52. The van der Waals surface area contributed by atoms with Crippen molar-refractivity contribution in [2.75, 3.05) is 52.4 Å². The Bertz CT molecular complexity index is 2710. The number of halogens is 1. The molecule has 17 heteroatoms. The van der Waals surface area contributed by atoms with Crippen molar-refractivity contribution in [2.24, 2.45) is 17.0 Å². The molecule has 16 nitrogen and oxygen atoms in total. The molecule has 9 rings (SSSR count). The van der Waals surface area contributed by atoms with Crippen LogP contribution in [0.15, 0.2) is 94.7 Å². The summed E-state index contributed by atoms with van der Waals surface area (Å²) in [4.78, 5) is 66.0. The topological polar surface area (TPSA) is 191 Å². The van der Waals surface area contributed by atoms with Crippen LogP contribution in [0.5, 0.6) is 11.5 Å². The number of piperazine rings is 1. The molecule has 420 valence electrons. The number of hydrogen-bond donors (Lipinski definition) is 3. The third-order valence-corrected chi connectivity index (χ3v) is 17.8. The van der Waals surface area contributed by atoms with Gasteiger partial charge in [-0.3, -0.25) is 24.2 Å². The summed E-state index contributed by atoms with van der Waals surface area (Å²) < 4.78 is 7.70. The van der Waals surface area contributed by atoms with Gasteiger partial charge in [-0.25, -0.2) is 4.79 Å². The van der Waals surface area contributed by atoms with Crippen molar-refractivity contribution < 1.29 is 43.7 Å². The van der Waals surface area contributed by atoms with Gasteiger partial charge in [0.15, 0.2) is 6.20 Å². The number of aromatic nitrogens is 1. The number of carbonyl (C=O) groups is 4. The molecular weight excluding hydrogens is 1050 g/mol. The van der Waals surface area contributed by atoms with E-state index >= 15 is 0 Å². The van der Waals surface area contributed by atoms with E-state index in [-0.39, 0.29) is 34.7 Å². The number of benzene rings is 3. The van der Waals surface area contributed by atoms with Gasteiger partial charge in [-0.05, 0) is 163 Å². The van der Waals surface area contributed by atoms with Gasteiger partial charge in [0.2, 0.25) is 17.5 Å². The zero-order valence-electron chi connectivity index (χ0n) is 46.3. The molecule has 78 heavy (non-hydrogen) atoms. The maximum atomic E-state index is 13.8. The normalized spacial score (nSPS) is 20.9. The number of nitrogens with one attached hydrogen (secondary N) is 1. The number of ether oxygens (including phenoxy) is 1. The van der Waals surface area contributed by atoms with Gasteiger partial charge in [0.25, 0.3) is 5.91 Å². The largest absolute Gasteiger partial charge is 0.618 e. The molecule has 0 radical (unpaired) electrons. The molecule has 5 fully saturated rings. The van der Waals surface area contributed by atoms with E-state index in [0.29, 0.717) is 80.8 Å². The Morgan fingerprint density at radius 3 is 2.05 bits per heavy atom. The van der Waals surface area contributed by atoms with E-state index in [1.807, 2.05) is 47.9 Å². The van der Waals surface area contributed by atoms with Gasteiger partial charge in [-0.15, -0.1) is 0 Å². The highest BCUT2D eigenvalue weighted by Crippen LogP contribution is 2.38. The molecule has 3 aromatic carbocycles. The number of oxime groups is 1. The number of aliphatic hydroxyl groups is 1. The molecule has 5 aliphatic rings. The lowest BCUT2D eigenvalue weighted by Crippen LogP contribution is -2.75. The van der Waals surface area contributed by atoms with Crippen molar-refractivity contribution in [3.05, 3.63) is 128 Å². The number of aromatic carboxylic acids is 1. The number of carboxylic acids is 1. The molecule has 1 saturated carbocycles. The van der Waals surface area contributed by atoms with Crippen LogP contribution in [0.25, 0.3) is 0 Å². The van der Waals surface area contributed by atoms with E-state index in [4.69, 9.17) is 14.7 Å². The summed E-state index contributed by atoms with van der Waals surface area (Å²) >= 11 is 3.52. The molecule has 0 unspecified atom stereocenters. The van der Waals surface area contributed by atoms with Gasteiger partial charge in [0, 0.05) is 68.2 Å². The van der Waals surface area contributed by atoms with E-state index in [1.165, 1.54) is 24.8 Å². The Hall–Kier alpha value is -5.88. The Labute approximate surface area is 468 Å². The van der Waals surface area contributed by atoms with Gasteiger partial charge >= 0.3 is 5.97 Å². The summed E-state index contributed by atoms with van der Waals surface area (Å²) in [6.45, 7) is 16.6. The summed E-state index contributed by atoms with van der Waals surface area (Å²) in [5.74, 6) is 0.411. The fourth-order valence-electron chi connectivity index (χ4n) is 12.3. The van der Waals surface area contributed by atoms with Gasteiger partial charge < -0.3 is 40.1 Å². The van der Waals surface area contributed by atoms with E-state index in [1.54, 1.807) is 25.1 Å². The predicted molar refractivity (Wildman–Crippen MR) is 303 cm³/mol. The van der Waals surface area contributed by atoms with Crippen LogP contribution in [0, 0.1) is 30.9 Å². The minimum absolute atomic E-state index is 0.0257. The molecule has 1 aromatic heterocycles. The number of carbonyl (C=O) groups excluding carboxylic acids is 3. The van der Waals surface area contributed by atoms with Crippen LogP contribution < -0.4 is 14.8 Å². The number of aliphatic hydroxyl groups excluding tert-OH is 1. The fraction of sp³-hybridized carbons (Fsp3) is 0.541. The number of piperidine rings is 3. The number of unbranched alkanes of at least 4 members (excludes halogenated alkanes) is 1. The highest BCUT2D eigenvalue weighted by Gasteiger charge is 2.55. The lowest BCUT2D eigenvalue weighted by atomic mass is 9.78. The maximum absolute atomic E-state index is 13.8. The first-order valence-corrected chi connectivity index (χ1v) is 29.2. The fourth-order valence-corrected chi connectivity index (χ4v) is 12.6. The second-order valence-corrected chi connectivity index (χ2v) is 23.2. The highest BCUT2D eigenvalue weighted by molar-refractivity contribution is 9.10. The minimum atomic E-state index is -0.975. The molecule has 4 aliphatic heterocycles. The minimum Gasteiger partial charge on any atom is -0.618 e. The zero-order valence-corrected chi connectivity index (χ0v) is 47.8. The number of rotatable bonds is 16. The quantitative estimate of drug-likeness (QED) is 0.0419. The van der Waals surface area contributed by atoms with Gasteiger partial charge in [0.1, 0.15) is 35.3 Å². The summed E-state index contributed by atoms with van der Waals surface area (Å²) in [6.07, 6.45) is 12.5. The third-order valence-electron chi connectivity index (χ3n) is 17.3. The Balaban J connectivity index is 0.000000208. The number of amides is 3. The second kappa shape index (κ2) is 26.4. The van der Waals surface area contributed by atoms with E-state index in [0.717, 1.165) is 115 Å². The van der Waals surface area contributed by atoms with Gasteiger partial charge in [-0.2, -0.15) is 4.73 Å². The summed E-state index contributed by atoms with van der Waals surface area (Å²) in [7, 11) is 0. The first-order valence-electron chi connectivity index (χ1n) is 28.4. The van der Waals surface area contributed by atoms with Crippen molar-refractivity contribution in [1.82, 2.24) is 24.9 Å². The average Bonchev–Trinajstić information content (AvgIpc) is 3.48. The van der Waals surface area contributed by atoms with Crippen molar-refractivity contribution in [1.29, 1.82) is 0 Å². The van der Waals surface area contributed by atoms with Crippen LogP contribution >= 0.6 is 15.9 Å². The molecule has 2 atom stereocenters. The molecule has 3 N–H and O–H groups in total. The smallest absolute Gasteiger partial charge is 0.335 e. The average molecular weight is 1140 g/mol. The highest BCUT2D eigenvalue weighted by atomic mass is 79.9. The predicted octanol–water partition coefficient (Wildman–Crippen LogP) is 9.43. The third kappa shape index (κ3) is 13.6. The molecule has 4 aromatic rings.